The smallest absolute Gasteiger partial charge is 0.251 e. The maximum absolute atomic E-state index is 12.8. The molecule has 1 fully saturated rings. The predicted molar refractivity (Wildman–Crippen MR) is 106 cm³/mol. The van der Waals surface area contributed by atoms with Crippen molar-refractivity contribution >= 4 is 17.2 Å². The van der Waals surface area contributed by atoms with E-state index in [1.54, 1.807) is 22.3 Å². The summed E-state index contributed by atoms with van der Waals surface area (Å²) in [4.78, 5) is 39.3. The van der Waals surface area contributed by atoms with Gasteiger partial charge in [0.05, 0.1) is 16.6 Å². The summed E-state index contributed by atoms with van der Waals surface area (Å²) in [5, 5.41) is 6.07. The molecule has 4 heterocycles. The quantitative estimate of drug-likeness (QED) is 0.712. The number of hydrogen-bond acceptors (Lipinski definition) is 6. The molecule has 1 amide bonds. The highest BCUT2D eigenvalue weighted by Crippen LogP contribution is 2.27. The molecule has 1 aliphatic rings. The summed E-state index contributed by atoms with van der Waals surface area (Å²) in [6.45, 7) is 3.26. The minimum absolute atomic E-state index is 0.0342. The molecule has 1 aliphatic heterocycles. The first-order valence-electron chi connectivity index (χ1n) is 9.37. The van der Waals surface area contributed by atoms with Crippen molar-refractivity contribution in [2.24, 2.45) is 0 Å². The molecule has 0 spiro atoms. The Bertz CT molecular complexity index is 982. The van der Waals surface area contributed by atoms with Crippen molar-refractivity contribution in [3.8, 4) is 10.6 Å². The van der Waals surface area contributed by atoms with Crippen molar-refractivity contribution in [3.05, 3.63) is 52.4 Å². The van der Waals surface area contributed by atoms with Crippen molar-refractivity contribution in [1.82, 2.24) is 29.6 Å². The number of thiophene rings is 1. The Kier molecular flexibility index (Phi) is 5.34. The third-order valence-corrected chi connectivity index (χ3v) is 5.95. The Morgan fingerprint density at radius 1 is 1.46 bits per heavy atom. The van der Waals surface area contributed by atoms with Crippen LogP contribution in [0.1, 0.15) is 44.0 Å². The van der Waals surface area contributed by atoms with E-state index in [0.29, 0.717) is 24.5 Å². The Morgan fingerprint density at radius 2 is 2.36 bits per heavy atom. The van der Waals surface area contributed by atoms with Gasteiger partial charge in [0.25, 0.3) is 5.56 Å². The number of carbonyl (C=O) groups excluding carboxylic acids is 1. The molecule has 2 atom stereocenters. The lowest BCUT2D eigenvalue weighted by Crippen LogP contribution is -2.40. The van der Waals surface area contributed by atoms with Crippen molar-refractivity contribution in [1.29, 1.82) is 0 Å². The number of carbonyl (C=O) groups is 1. The van der Waals surface area contributed by atoms with Crippen molar-refractivity contribution in [3.63, 3.8) is 0 Å². The Hall–Kier alpha value is -2.81. The van der Waals surface area contributed by atoms with E-state index in [4.69, 9.17) is 0 Å². The number of rotatable bonds is 5. The van der Waals surface area contributed by atoms with Gasteiger partial charge in [-0.2, -0.15) is 5.10 Å². The van der Waals surface area contributed by atoms with Gasteiger partial charge in [0.15, 0.2) is 0 Å². The Labute approximate surface area is 166 Å². The number of aromatic amines is 1. The number of piperidine rings is 1. The molecule has 146 valence electrons. The highest BCUT2D eigenvalue weighted by atomic mass is 32.1. The first kappa shape index (κ1) is 18.5. The van der Waals surface area contributed by atoms with Gasteiger partial charge in [-0.15, -0.1) is 11.3 Å². The van der Waals surface area contributed by atoms with Gasteiger partial charge in [-0.25, -0.2) is 14.6 Å². The Balaban J connectivity index is 1.48. The number of H-pyrrole nitrogens is 1. The maximum atomic E-state index is 12.8. The van der Waals surface area contributed by atoms with Gasteiger partial charge in [0.2, 0.25) is 5.91 Å². The fraction of sp³-hybridized carbons (Fsp3) is 0.421. The molecule has 0 aromatic carbocycles. The second kappa shape index (κ2) is 8.05. The molecule has 1 saturated heterocycles. The van der Waals surface area contributed by atoms with Crippen LogP contribution in [0.4, 0.5) is 0 Å². The molecule has 4 rings (SSSR count). The molecule has 9 heteroatoms. The summed E-state index contributed by atoms with van der Waals surface area (Å²) >= 11 is 1.56. The van der Waals surface area contributed by atoms with Crippen LogP contribution >= 0.6 is 11.3 Å². The van der Waals surface area contributed by atoms with Crippen molar-refractivity contribution in [2.45, 2.75) is 38.1 Å². The van der Waals surface area contributed by atoms with E-state index >= 15 is 0 Å². The van der Waals surface area contributed by atoms with Crippen LogP contribution in [0, 0.1) is 0 Å². The van der Waals surface area contributed by atoms with E-state index in [1.807, 2.05) is 29.3 Å². The van der Waals surface area contributed by atoms with E-state index in [1.165, 1.54) is 12.4 Å². The van der Waals surface area contributed by atoms with E-state index in [0.717, 1.165) is 24.3 Å². The van der Waals surface area contributed by atoms with E-state index in [2.05, 4.69) is 20.1 Å². The van der Waals surface area contributed by atoms with Crippen molar-refractivity contribution in [2.75, 3.05) is 13.1 Å². The highest BCUT2D eigenvalue weighted by molar-refractivity contribution is 7.13. The summed E-state index contributed by atoms with van der Waals surface area (Å²) in [7, 11) is 0. The molecule has 0 unspecified atom stereocenters. The molecular formula is C19H22N6O2S. The van der Waals surface area contributed by atoms with Crippen LogP contribution in [-0.4, -0.2) is 48.6 Å². The molecule has 1 N–H and O–H groups in total. The number of nitrogens with one attached hydrogen (secondary N) is 1. The van der Waals surface area contributed by atoms with Crippen LogP contribution in [0.2, 0.25) is 0 Å². The lowest BCUT2D eigenvalue weighted by molar-refractivity contribution is -0.133. The summed E-state index contributed by atoms with van der Waals surface area (Å²) in [5.41, 5.74) is 0.536. The monoisotopic (exact) mass is 398 g/mol. The second-order valence-corrected chi connectivity index (χ2v) is 8.05. The zero-order chi connectivity index (χ0) is 19.5. The summed E-state index contributed by atoms with van der Waals surface area (Å²) in [5.74, 6) is 0.786. The summed E-state index contributed by atoms with van der Waals surface area (Å²) < 4.78 is 1.70. The van der Waals surface area contributed by atoms with Crippen LogP contribution in [0.3, 0.4) is 0 Å². The number of likely N-dealkylation sites (tertiary alicyclic amines) is 1. The first-order valence-corrected chi connectivity index (χ1v) is 10.2. The molecule has 8 nitrogen and oxygen atoms in total. The van der Waals surface area contributed by atoms with Crippen LogP contribution in [-0.2, 0) is 4.79 Å². The number of amides is 1. The second-order valence-electron chi connectivity index (χ2n) is 7.10. The lowest BCUT2D eigenvalue weighted by atomic mass is 9.96. The molecule has 0 bridgehead atoms. The molecule has 28 heavy (non-hydrogen) atoms. The van der Waals surface area contributed by atoms with Gasteiger partial charge in [0, 0.05) is 31.5 Å². The fourth-order valence-electron chi connectivity index (χ4n) is 3.57. The van der Waals surface area contributed by atoms with Crippen molar-refractivity contribution < 1.29 is 4.79 Å². The van der Waals surface area contributed by atoms with E-state index < -0.39 is 0 Å². The normalized spacial score (nSPS) is 18.2. The molecule has 3 aromatic rings. The minimum atomic E-state index is -0.156. The van der Waals surface area contributed by atoms with Gasteiger partial charge in [-0.05, 0) is 31.2 Å². The predicted octanol–water partition coefficient (Wildman–Crippen LogP) is 2.45. The topological polar surface area (TPSA) is 96.8 Å². The SMILES string of the molecule is C[C@@H](CC(=O)N1CCC[C@H](c2nc(-c3cccs3)cc(=O)[nH]2)C1)n1cncn1. The molecule has 0 aliphatic carbocycles. The highest BCUT2D eigenvalue weighted by Gasteiger charge is 2.27. The van der Waals surface area contributed by atoms with Gasteiger partial charge < -0.3 is 9.88 Å². The zero-order valence-corrected chi connectivity index (χ0v) is 16.4. The van der Waals surface area contributed by atoms with E-state index in [-0.39, 0.29) is 23.4 Å². The minimum Gasteiger partial charge on any atom is -0.342 e. The number of hydrogen-bond donors (Lipinski definition) is 1. The molecular weight excluding hydrogens is 376 g/mol. The van der Waals surface area contributed by atoms with Gasteiger partial charge in [-0.3, -0.25) is 9.59 Å². The van der Waals surface area contributed by atoms with Crippen LogP contribution in [0.5, 0.6) is 0 Å². The summed E-state index contributed by atoms with van der Waals surface area (Å²) in [6.07, 6.45) is 5.26. The van der Waals surface area contributed by atoms with Crippen LogP contribution in [0.15, 0.2) is 41.0 Å². The van der Waals surface area contributed by atoms with Gasteiger partial charge in [0.1, 0.15) is 18.5 Å². The Morgan fingerprint density at radius 3 is 3.11 bits per heavy atom. The molecule has 3 aromatic heterocycles. The number of nitrogens with zero attached hydrogens (tertiary/aromatic N) is 5. The zero-order valence-electron chi connectivity index (χ0n) is 15.6. The average Bonchev–Trinajstić information content (AvgIpc) is 3.41. The summed E-state index contributed by atoms with van der Waals surface area (Å²) in [6, 6.07) is 5.38. The standard InChI is InChI=1S/C19H22N6O2S/c1-13(25-12-20-11-21-25)8-18(27)24-6-2-4-14(10-24)19-22-15(9-17(26)23-19)16-5-3-7-28-16/h3,5,7,9,11-14H,2,4,6,8,10H2,1H3,(H,22,23,26)/t13-,14-/m0/s1. The maximum Gasteiger partial charge on any atom is 0.251 e. The van der Waals surface area contributed by atoms with Crippen LogP contribution in [0.25, 0.3) is 10.6 Å². The van der Waals surface area contributed by atoms with Gasteiger partial charge >= 0.3 is 0 Å². The van der Waals surface area contributed by atoms with Gasteiger partial charge in [-0.1, -0.05) is 6.07 Å². The number of aromatic nitrogens is 5. The molecule has 0 saturated carbocycles. The third-order valence-electron chi connectivity index (χ3n) is 5.05. The third kappa shape index (κ3) is 4.04. The molecule has 0 radical (unpaired) electrons. The largest absolute Gasteiger partial charge is 0.342 e. The van der Waals surface area contributed by atoms with Crippen LogP contribution < -0.4 is 5.56 Å². The first-order chi connectivity index (χ1) is 13.6. The van der Waals surface area contributed by atoms with E-state index in [9.17, 15) is 9.59 Å². The fourth-order valence-corrected chi connectivity index (χ4v) is 4.25. The average molecular weight is 398 g/mol. The lowest BCUT2D eigenvalue weighted by Gasteiger charge is -2.33.